The number of ether oxygens (including phenoxy) is 1. The van der Waals surface area contributed by atoms with E-state index in [9.17, 15) is 4.79 Å². The largest absolute Gasteiger partial charge is 0.497 e. The molecule has 1 N–H and O–H groups in total. The van der Waals surface area contributed by atoms with E-state index in [-0.39, 0.29) is 11.8 Å². The second-order valence-electron chi connectivity index (χ2n) is 7.99. The van der Waals surface area contributed by atoms with Gasteiger partial charge in [0.25, 0.3) is 0 Å². The average molecular weight is 404 g/mol. The lowest BCUT2D eigenvalue weighted by atomic mass is 9.97. The van der Waals surface area contributed by atoms with Gasteiger partial charge >= 0.3 is 0 Å². The Morgan fingerprint density at radius 2 is 1.67 bits per heavy atom. The molecule has 30 heavy (non-hydrogen) atoms. The molecule has 5 heteroatoms. The molecule has 1 fully saturated rings. The first-order valence-corrected chi connectivity index (χ1v) is 10.5. The molecule has 1 heterocycles. The van der Waals surface area contributed by atoms with Crippen molar-refractivity contribution in [2.24, 2.45) is 0 Å². The van der Waals surface area contributed by atoms with Crippen LogP contribution in [0, 0.1) is 0 Å². The smallest absolute Gasteiger partial charge is 0.231 e. The van der Waals surface area contributed by atoms with E-state index in [1.54, 1.807) is 7.11 Å². The zero-order valence-electron chi connectivity index (χ0n) is 17.9. The predicted octanol–water partition coefficient (Wildman–Crippen LogP) is 4.34. The first-order valence-electron chi connectivity index (χ1n) is 10.5. The van der Waals surface area contributed by atoms with E-state index >= 15 is 0 Å². The molecule has 1 aliphatic heterocycles. The zero-order chi connectivity index (χ0) is 21.1. The number of hydrogen-bond donors (Lipinski definition) is 1. The highest BCUT2D eigenvalue weighted by atomic mass is 16.5. The standard InChI is InChI=1S/C25H29N3O2/c1-18(19-8-9-21-17-22(30-3)11-10-20(21)16-19)25(29)26-23-6-4-5-7-24(23)28-14-12-27(2)13-15-28/h4-11,16-18H,12-15H2,1-3H3,(H,26,29). The number of carbonyl (C=O) groups excluding carboxylic acids is 1. The molecule has 3 aromatic carbocycles. The van der Waals surface area contributed by atoms with Gasteiger partial charge < -0.3 is 19.9 Å². The van der Waals surface area contributed by atoms with Gasteiger partial charge in [-0.15, -0.1) is 0 Å². The van der Waals surface area contributed by atoms with Gasteiger partial charge in [0.15, 0.2) is 0 Å². The highest BCUT2D eigenvalue weighted by Crippen LogP contribution is 2.29. The maximum Gasteiger partial charge on any atom is 0.231 e. The topological polar surface area (TPSA) is 44.8 Å². The van der Waals surface area contributed by atoms with Crippen LogP contribution >= 0.6 is 0 Å². The van der Waals surface area contributed by atoms with Crippen LogP contribution in [0.5, 0.6) is 5.75 Å². The second kappa shape index (κ2) is 8.76. The number of piperazine rings is 1. The van der Waals surface area contributed by atoms with Gasteiger partial charge in [-0.3, -0.25) is 4.79 Å². The Kier molecular flexibility index (Phi) is 5.91. The fraction of sp³-hybridized carbons (Fsp3) is 0.320. The van der Waals surface area contributed by atoms with Crippen LogP contribution in [0.4, 0.5) is 11.4 Å². The Labute approximate surface area is 178 Å². The van der Waals surface area contributed by atoms with Gasteiger partial charge in [0.05, 0.1) is 24.4 Å². The molecule has 1 amide bonds. The summed E-state index contributed by atoms with van der Waals surface area (Å²) in [5.41, 5.74) is 2.98. The lowest BCUT2D eigenvalue weighted by Gasteiger charge is -2.35. The molecule has 0 bridgehead atoms. The van der Waals surface area contributed by atoms with Gasteiger partial charge in [-0.25, -0.2) is 0 Å². The number of anilines is 2. The van der Waals surface area contributed by atoms with Crippen LogP contribution in [0.25, 0.3) is 10.8 Å². The lowest BCUT2D eigenvalue weighted by molar-refractivity contribution is -0.117. The number of likely N-dealkylation sites (N-methyl/N-ethyl adjacent to an activating group) is 1. The van der Waals surface area contributed by atoms with Crippen molar-refractivity contribution >= 4 is 28.1 Å². The minimum absolute atomic E-state index is 0.00411. The van der Waals surface area contributed by atoms with E-state index in [1.165, 1.54) is 0 Å². The molecule has 3 aromatic rings. The SMILES string of the molecule is COc1ccc2cc(C(C)C(=O)Nc3ccccc3N3CCN(C)CC3)ccc2c1. The summed E-state index contributed by atoms with van der Waals surface area (Å²) < 4.78 is 5.30. The molecule has 5 nitrogen and oxygen atoms in total. The van der Waals surface area contributed by atoms with Gasteiger partial charge in [-0.1, -0.05) is 36.4 Å². The molecule has 4 rings (SSSR count). The first-order chi connectivity index (χ1) is 14.5. The quantitative estimate of drug-likeness (QED) is 0.688. The number of nitrogens with zero attached hydrogens (tertiary/aromatic N) is 2. The molecule has 0 spiro atoms. The fourth-order valence-corrected chi connectivity index (χ4v) is 3.93. The third-order valence-electron chi connectivity index (χ3n) is 5.97. The number of nitrogens with one attached hydrogen (secondary N) is 1. The summed E-state index contributed by atoms with van der Waals surface area (Å²) in [6.45, 7) is 5.94. The Morgan fingerprint density at radius 1 is 0.967 bits per heavy atom. The summed E-state index contributed by atoms with van der Waals surface area (Å²) in [6, 6.07) is 20.2. The maximum absolute atomic E-state index is 13.1. The number of methoxy groups -OCH3 is 1. The molecule has 156 valence electrons. The number of carbonyl (C=O) groups is 1. The lowest BCUT2D eigenvalue weighted by Crippen LogP contribution is -2.44. The van der Waals surface area contributed by atoms with E-state index in [2.05, 4.69) is 40.4 Å². The predicted molar refractivity (Wildman–Crippen MR) is 124 cm³/mol. The first kappa shape index (κ1) is 20.2. The van der Waals surface area contributed by atoms with E-state index in [0.29, 0.717) is 0 Å². The third-order valence-corrected chi connectivity index (χ3v) is 5.97. The summed E-state index contributed by atoms with van der Waals surface area (Å²) in [6.07, 6.45) is 0. The van der Waals surface area contributed by atoms with Gasteiger partial charge in [0.1, 0.15) is 5.75 Å². The van der Waals surface area contributed by atoms with Crippen molar-refractivity contribution in [2.45, 2.75) is 12.8 Å². The van der Waals surface area contributed by atoms with Crippen molar-refractivity contribution < 1.29 is 9.53 Å². The van der Waals surface area contributed by atoms with Crippen LogP contribution in [0.15, 0.2) is 60.7 Å². The molecule has 0 radical (unpaired) electrons. The number of fused-ring (bicyclic) bond motifs is 1. The van der Waals surface area contributed by atoms with Gasteiger partial charge in [-0.2, -0.15) is 0 Å². The summed E-state index contributed by atoms with van der Waals surface area (Å²) in [5.74, 6) is 0.586. The monoisotopic (exact) mass is 403 g/mol. The molecule has 1 unspecified atom stereocenters. The van der Waals surface area contributed by atoms with Gasteiger partial charge in [0.2, 0.25) is 5.91 Å². The zero-order valence-corrected chi connectivity index (χ0v) is 17.9. The van der Waals surface area contributed by atoms with Crippen molar-refractivity contribution in [3.63, 3.8) is 0 Å². The highest BCUT2D eigenvalue weighted by molar-refractivity contribution is 5.99. The number of hydrogen-bond acceptors (Lipinski definition) is 4. The van der Waals surface area contributed by atoms with E-state index in [0.717, 1.165) is 59.6 Å². The molecule has 1 aliphatic rings. The number of para-hydroxylation sites is 2. The molecule has 0 aliphatic carbocycles. The highest BCUT2D eigenvalue weighted by Gasteiger charge is 2.20. The van der Waals surface area contributed by atoms with Crippen molar-refractivity contribution in [3.05, 3.63) is 66.2 Å². The molecule has 0 aromatic heterocycles. The minimum Gasteiger partial charge on any atom is -0.497 e. The van der Waals surface area contributed by atoms with Crippen molar-refractivity contribution in [1.29, 1.82) is 0 Å². The molecule has 0 saturated carbocycles. The molecule has 1 atom stereocenters. The Balaban J connectivity index is 1.52. The van der Waals surface area contributed by atoms with Crippen LogP contribution < -0.4 is 15.0 Å². The van der Waals surface area contributed by atoms with Crippen molar-refractivity contribution in [1.82, 2.24) is 4.90 Å². The number of benzene rings is 3. The molecular weight excluding hydrogens is 374 g/mol. The summed E-state index contributed by atoms with van der Waals surface area (Å²) >= 11 is 0. The normalized spacial score (nSPS) is 15.8. The molecule has 1 saturated heterocycles. The van der Waals surface area contributed by atoms with E-state index < -0.39 is 0 Å². The summed E-state index contributed by atoms with van der Waals surface area (Å²) in [7, 11) is 3.81. The average Bonchev–Trinajstić information content (AvgIpc) is 2.78. The fourth-order valence-electron chi connectivity index (χ4n) is 3.93. The van der Waals surface area contributed by atoms with Crippen LogP contribution in [0.1, 0.15) is 18.4 Å². The molecular formula is C25H29N3O2. The Hall–Kier alpha value is -3.05. The number of rotatable bonds is 5. The Morgan fingerprint density at radius 3 is 2.43 bits per heavy atom. The second-order valence-corrected chi connectivity index (χ2v) is 7.99. The minimum atomic E-state index is -0.253. The summed E-state index contributed by atoms with van der Waals surface area (Å²) in [5, 5.41) is 5.37. The van der Waals surface area contributed by atoms with Crippen LogP contribution in [-0.2, 0) is 4.79 Å². The van der Waals surface area contributed by atoms with Crippen molar-refractivity contribution in [3.8, 4) is 5.75 Å². The van der Waals surface area contributed by atoms with Crippen LogP contribution in [0.3, 0.4) is 0 Å². The van der Waals surface area contributed by atoms with Crippen LogP contribution in [-0.4, -0.2) is 51.1 Å². The van der Waals surface area contributed by atoms with Gasteiger partial charge in [-0.05, 0) is 54.6 Å². The van der Waals surface area contributed by atoms with Crippen LogP contribution in [0.2, 0.25) is 0 Å². The number of amides is 1. The third kappa shape index (κ3) is 4.26. The van der Waals surface area contributed by atoms with E-state index in [4.69, 9.17) is 4.74 Å². The maximum atomic E-state index is 13.1. The summed E-state index contributed by atoms with van der Waals surface area (Å²) in [4.78, 5) is 17.8. The van der Waals surface area contributed by atoms with Crippen molar-refractivity contribution in [2.75, 3.05) is 50.6 Å². The van der Waals surface area contributed by atoms with Gasteiger partial charge in [0, 0.05) is 26.2 Å². The van der Waals surface area contributed by atoms with E-state index in [1.807, 2.05) is 49.4 Å². The Bertz CT molecular complexity index is 1040.